The second-order valence-electron chi connectivity index (χ2n) is 5.71. The van der Waals surface area contributed by atoms with Gasteiger partial charge in [-0.1, -0.05) is 11.6 Å². The highest BCUT2D eigenvalue weighted by atomic mass is 35.5. The number of nitriles is 1. The van der Waals surface area contributed by atoms with Gasteiger partial charge in [0.25, 0.3) is 0 Å². The summed E-state index contributed by atoms with van der Waals surface area (Å²) in [5.41, 5.74) is 3.73. The van der Waals surface area contributed by atoms with Crippen molar-refractivity contribution in [1.29, 1.82) is 5.26 Å². The molecule has 0 aromatic carbocycles. The molecule has 2 heterocycles. The molecule has 1 aromatic rings. The van der Waals surface area contributed by atoms with Crippen LogP contribution in [0, 0.1) is 11.3 Å². The van der Waals surface area contributed by atoms with Crippen molar-refractivity contribution >= 4 is 17.4 Å². The van der Waals surface area contributed by atoms with Gasteiger partial charge in [0.05, 0.1) is 5.92 Å². The molecule has 3 rings (SSSR count). The number of aryl methyl sites for hydroxylation is 1. The van der Waals surface area contributed by atoms with E-state index in [4.69, 9.17) is 22.1 Å². The van der Waals surface area contributed by atoms with Gasteiger partial charge < -0.3 is 10.5 Å². The highest BCUT2D eigenvalue weighted by Gasteiger charge is 2.46. The van der Waals surface area contributed by atoms with Crippen molar-refractivity contribution in [2.24, 2.45) is 12.8 Å². The third-order valence-corrected chi connectivity index (χ3v) is 4.62. The highest BCUT2D eigenvalue weighted by Crippen LogP contribution is 2.48. The maximum Gasteiger partial charge on any atom is 0.435 e. The van der Waals surface area contributed by atoms with Crippen molar-refractivity contribution in [3.8, 4) is 6.07 Å². The standard InChI is InChI=1S/C15H12ClF3N4O2/c1-23-13(16)11(12(22-23)15(17,18)19)9-6(5-20)14(21)25-8-4-2-3-7(24)10(8)9/h9H,2-4,21H2,1H3. The lowest BCUT2D eigenvalue weighted by atomic mass is 9.77. The smallest absolute Gasteiger partial charge is 0.435 e. The average Bonchev–Trinajstić information content (AvgIpc) is 2.82. The zero-order valence-electron chi connectivity index (χ0n) is 12.9. The predicted octanol–water partition coefficient (Wildman–Crippen LogP) is 2.91. The van der Waals surface area contributed by atoms with Gasteiger partial charge in [0.1, 0.15) is 22.6 Å². The van der Waals surface area contributed by atoms with Gasteiger partial charge in [0.2, 0.25) is 5.88 Å². The van der Waals surface area contributed by atoms with Crippen LogP contribution in [0.5, 0.6) is 0 Å². The van der Waals surface area contributed by atoms with Crippen LogP contribution in [0.15, 0.2) is 22.8 Å². The number of halogens is 4. The molecule has 2 N–H and O–H groups in total. The van der Waals surface area contributed by atoms with Crippen molar-refractivity contribution in [2.75, 3.05) is 0 Å². The van der Waals surface area contributed by atoms with Crippen LogP contribution in [-0.4, -0.2) is 15.6 Å². The number of nitrogens with zero attached hydrogens (tertiary/aromatic N) is 3. The average molecular weight is 373 g/mol. The van der Waals surface area contributed by atoms with Crippen LogP contribution in [0.4, 0.5) is 13.2 Å². The van der Waals surface area contributed by atoms with Gasteiger partial charge in [-0.15, -0.1) is 0 Å². The second-order valence-corrected chi connectivity index (χ2v) is 6.07. The van der Waals surface area contributed by atoms with Crippen LogP contribution in [-0.2, 0) is 22.8 Å². The Morgan fingerprint density at radius 2 is 2.12 bits per heavy atom. The molecule has 6 nitrogen and oxygen atoms in total. The Morgan fingerprint density at radius 3 is 2.72 bits per heavy atom. The maximum atomic E-state index is 13.4. The van der Waals surface area contributed by atoms with Crippen LogP contribution in [0.3, 0.4) is 0 Å². The lowest BCUT2D eigenvalue weighted by Crippen LogP contribution is -2.28. The van der Waals surface area contributed by atoms with E-state index >= 15 is 0 Å². The van der Waals surface area contributed by atoms with E-state index in [1.165, 1.54) is 7.05 Å². The molecule has 2 aliphatic rings. The molecule has 0 fully saturated rings. The van der Waals surface area contributed by atoms with E-state index in [2.05, 4.69) is 5.10 Å². The molecular formula is C15H12ClF3N4O2. The third-order valence-electron chi connectivity index (χ3n) is 4.17. The molecule has 1 aromatic heterocycles. The fourth-order valence-corrected chi connectivity index (χ4v) is 3.37. The third kappa shape index (κ3) is 2.66. The SMILES string of the molecule is Cn1nc(C(F)(F)F)c(C2C(C#N)=C(N)OC3=C2C(=O)CCC3)c1Cl. The number of ether oxygens (including phenoxy) is 1. The van der Waals surface area contributed by atoms with E-state index in [0.717, 1.165) is 4.68 Å². The molecule has 10 heteroatoms. The van der Waals surface area contributed by atoms with Gasteiger partial charge in [0, 0.05) is 31.0 Å². The number of carbonyl (C=O) groups excluding carboxylic acids is 1. The monoisotopic (exact) mass is 372 g/mol. The zero-order chi connectivity index (χ0) is 18.5. The van der Waals surface area contributed by atoms with Crippen LogP contribution >= 0.6 is 11.6 Å². The number of ketones is 1. The van der Waals surface area contributed by atoms with Crippen molar-refractivity contribution in [3.05, 3.63) is 39.2 Å². The van der Waals surface area contributed by atoms with Crippen molar-refractivity contribution in [2.45, 2.75) is 31.4 Å². The van der Waals surface area contributed by atoms with E-state index in [0.29, 0.717) is 12.8 Å². The quantitative estimate of drug-likeness (QED) is 0.818. The number of nitrogens with two attached hydrogens (primary N) is 1. The summed E-state index contributed by atoms with van der Waals surface area (Å²) in [5.74, 6) is -1.88. The Labute approximate surface area is 145 Å². The number of allylic oxidation sites excluding steroid dienone is 3. The summed E-state index contributed by atoms with van der Waals surface area (Å²) in [6, 6.07) is 1.75. The van der Waals surface area contributed by atoms with E-state index in [1.807, 2.05) is 0 Å². The summed E-state index contributed by atoms with van der Waals surface area (Å²) >= 11 is 6.06. The Balaban J connectivity index is 2.33. The number of rotatable bonds is 1. The van der Waals surface area contributed by atoms with E-state index in [9.17, 15) is 23.2 Å². The van der Waals surface area contributed by atoms with Crippen molar-refractivity contribution in [1.82, 2.24) is 9.78 Å². The van der Waals surface area contributed by atoms with Crippen LogP contribution < -0.4 is 5.73 Å². The fraction of sp³-hybridized carbons (Fsp3) is 0.400. The van der Waals surface area contributed by atoms with Gasteiger partial charge in [-0.2, -0.15) is 23.5 Å². The Morgan fingerprint density at radius 1 is 1.44 bits per heavy atom. The minimum atomic E-state index is -4.81. The first-order valence-corrected chi connectivity index (χ1v) is 7.68. The number of alkyl halides is 3. The normalized spacial score (nSPS) is 21.1. The topological polar surface area (TPSA) is 93.9 Å². The van der Waals surface area contributed by atoms with Crippen molar-refractivity contribution in [3.63, 3.8) is 0 Å². The van der Waals surface area contributed by atoms with Gasteiger partial charge in [-0.05, 0) is 6.42 Å². The first kappa shape index (κ1) is 17.4. The Kier molecular flexibility index (Phi) is 4.03. The molecule has 0 saturated heterocycles. The highest BCUT2D eigenvalue weighted by molar-refractivity contribution is 6.30. The van der Waals surface area contributed by atoms with Crippen LogP contribution in [0.1, 0.15) is 36.4 Å². The molecule has 1 unspecified atom stereocenters. The molecule has 1 atom stereocenters. The molecule has 0 bridgehead atoms. The summed E-state index contributed by atoms with van der Waals surface area (Å²) in [6.45, 7) is 0. The Bertz CT molecular complexity index is 877. The van der Waals surface area contributed by atoms with Gasteiger partial charge in [-0.25, -0.2) is 0 Å². The lowest BCUT2D eigenvalue weighted by Gasteiger charge is -2.31. The molecule has 0 radical (unpaired) electrons. The number of hydrogen-bond donors (Lipinski definition) is 1. The summed E-state index contributed by atoms with van der Waals surface area (Å²) in [4.78, 5) is 12.4. The lowest BCUT2D eigenvalue weighted by molar-refractivity contribution is -0.142. The first-order chi connectivity index (χ1) is 11.7. The largest absolute Gasteiger partial charge is 0.444 e. The molecule has 0 amide bonds. The fourth-order valence-electron chi connectivity index (χ4n) is 3.13. The molecule has 1 aliphatic heterocycles. The zero-order valence-corrected chi connectivity index (χ0v) is 13.7. The summed E-state index contributed by atoms with van der Waals surface area (Å²) in [7, 11) is 1.25. The summed E-state index contributed by atoms with van der Waals surface area (Å²) < 4.78 is 46.5. The minimum absolute atomic E-state index is 0.00241. The molecule has 0 saturated carbocycles. The molecule has 25 heavy (non-hydrogen) atoms. The molecule has 1 aliphatic carbocycles. The maximum absolute atomic E-state index is 13.4. The molecule has 0 spiro atoms. The Hall–Kier alpha value is -2.47. The second kappa shape index (κ2) is 5.81. The van der Waals surface area contributed by atoms with E-state index in [1.54, 1.807) is 6.07 Å². The van der Waals surface area contributed by atoms with Crippen molar-refractivity contribution < 1.29 is 22.7 Å². The van der Waals surface area contributed by atoms with Crippen LogP contribution in [0.25, 0.3) is 0 Å². The van der Waals surface area contributed by atoms with Gasteiger partial charge in [0.15, 0.2) is 11.5 Å². The minimum Gasteiger partial charge on any atom is -0.444 e. The van der Waals surface area contributed by atoms with Gasteiger partial charge in [-0.3, -0.25) is 9.48 Å². The van der Waals surface area contributed by atoms with Crippen LogP contribution in [0.2, 0.25) is 5.15 Å². The van der Waals surface area contributed by atoms with E-state index < -0.39 is 23.4 Å². The predicted molar refractivity (Wildman–Crippen MR) is 79.8 cm³/mol. The van der Waals surface area contributed by atoms with Gasteiger partial charge >= 0.3 is 6.18 Å². The number of hydrogen-bond acceptors (Lipinski definition) is 5. The number of aromatic nitrogens is 2. The molecular weight excluding hydrogens is 361 g/mol. The first-order valence-electron chi connectivity index (χ1n) is 7.30. The summed E-state index contributed by atoms with van der Waals surface area (Å²) in [6.07, 6.45) is -3.83. The number of carbonyl (C=O) groups is 1. The summed E-state index contributed by atoms with van der Waals surface area (Å²) in [5, 5.41) is 12.5. The van der Waals surface area contributed by atoms with E-state index in [-0.39, 0.29) is 40.1 Å². The number of Topliss-reactive ketones (excluding diaryl/α,β-unsaturated/α-hetero) is 1. The molecule has 132 valence electrons.